The average Bonchev–Trinajstić information content (AvgIpc) is 2.24. The summed E-state index contributed by atoms with van der Waals surface area (Å²) >= 11 is 0. The van der Waals surface area contributed by atoms with Crippen molar-refractivity contribution in [2.75, 3.05) is 31.1 Å². The summed E-state index contributed by atoms with van der Waals surface area (Å²) in [7, 11) is 0. The Bertz CT molecular complexity index is 385. The summed E-state index contributed by atoms with van der Waals surface area (Å²) in [5.74, 6) is -0.654. The third-order valence-electron chi connectivity index (χ3n) is 3.13. The van der Waals surface area contributed by atoms with Crippen LogP contribution in [0.15, 0.2) is 12.1 Å². The normalized spacial score (nSPS) is 17.7. The van der Waals surface area contributed by atoms with Gasteiger partial charge in [0.05, 0.1) is 5.69 Å². The first kappa shape index (κ1) is 12.3. The van der Waals surface area contributed by atoms with Crippen molar-refractivity contribution in [1.29, 1.82) is 0 Å². The van der Waals surface area contributed by atoms with Crippen molar-refractivity contribution in [3.63, 3.8) is 0 Å². The Hall–Kier alpha value is -1.16. The molecule has 1 heterocycles. The van der Waals surface area contributed by atoms with Crippen LogP contribution >= 0.6 is 0 Å². The molecule has 1 aliphatic rings. The Morgan fingerprint density at radius 3 is 2.35 bits per heavy atom. The second kappa shape index (κ2) is 5.45. The van der Waals surface area contributed by atoms with Crippen molar-refractivity contribution in [2.45, 2.75) is 19.8 Å². The van der Waals surface area contributed by atoms with Gasteiger partial charge in [-0.3, -0.25) is 0 Å². The fourth-order valence-corrected chi connectivity index (χ4v) is 2.15. The van der Waals surface area contributed by atoms with Crippen LogP contribution in [-0.4, -0.2) is 26.2 Å². The number of hydrogen-bond acceptors (Lipinski definition) is 2. The van der Waals surface area contributed by atoms with Crippen LogP contribution in [0, 0.1) is 18.6 Å². The van der Waals surface area contributed by atoms with E-state index in [9.17, 15) is 8.78 Å². The van der Waals surface area contributed by atoms with Gasteiger partial charge in [-0.1, -0.05) is 0 Å². The van der Waals surface area contributed by atoms with Crippen LogP contribution in [0.3, 0.4) is 0 Å². The van der Waals surface area contributed by atoms with Crippen molar-refractivity contribution in [1.82, 2.24) is 5.32 Å². The summed E-state index contributed by atoms with van der Waals surface area (Å²) in [6, 6.07) is 2.60. The smallest absolute Gasteiger partial charge is 0.146 e. The van der Waals surface area contributed by atoms with Crippen LogP contribution in [0.5, 0.6) is 0 Å². The molecule has 0 bridgehead atoms. The Kier molecular flexibility index (Phi) is 3.94. The van der Waals surface area contributed by atoms with E-state index in [0.29, 0.717) is 11.3 Å². The van der Waals surface area contributed by atoms with E-state index in [2.05, 4.69) is 5.32 Å². The van der Waals surface area contributed by atoms with Crippen LogP contribution < -0.4 is 10.2 Å². The molecule has 1 aliphatic heterocycles. The van der Waals surface area contributed by atoms with Crippen molar-refractivity contribution >= 4 is 5.69 Å². The summed E-state index contributed by atoms with van der Waals surface area (Å²) in [6.07, 6.45) is 1.91. The lowest BCUT2D eigenvalue weighted by molar-refractivity contribution is 0.547. The zero-order valence-corrected chi connectivity index (χ0v) is 10.1. The number of anilines is 1. The molecule has 0 atom stereocenters. The van der Waals surface area contributed by atoms with E-state index < -0.39 is 0 Å². The van der Waals surface area contributed by atoms with Gasteiger partial charge in [0.15, 0.2) is 0 Å². The zero-order valence-electron chi connectivity index (χ0n) is 10.1. The van der Waals surface area contributed by atoms with E-state index in [1.165, 1.54) is 12.1 Å². The second-order valence-electron chi connectivity index (χ2n) is 4.50. The number of aryl methyl sites for hydroxylation is 1. The SMILES string of the molecule is Cc1cc(F)c(N2CCCNCCC2)cc1F. The summed E-state index contributed by atoms with van der Waals surface area (Å²) in [5.41, 5.74) is 0.759. The highest BCUT2D eigenvalue weighted by molar-refractivity contribution is 5.49. The molecule has 0 aromatic heterocycles. The zero-order chi connectivity index (χ0) is 12.3. The number of halogens is 2. The van der Waals surface area contributed by atoms with Gasteiger partial charge in [-0.05, 0) is 44.5 Å². The number of rotatable bonds is 1. The summed E-state index contributed by atoms with van der Waals surface area (Å²) in [5, 5.41) is 3.30. The molecule has 0 saturated carbocycles. The van der Waals surface area contributed by atoms with Crippen LogP contribution in [0.1, 0.15) is 18.4 Å². The van der Waals surface area contributed by atoms with Gasteiger partial charge in [0, 0.05) is 19.2 Å². The summed E-state index contributed by atoms with van der Waals surface area (Å²) < 4.78 is 27.3. The summed E-state index contributed by atoms with van der Waals surface area (Å²) in [4.78, 5) is 1.94. The van der Waals surface area contributed by atoms with E-state index in [1.54, 1.807) is 6.92 Å². The topological polar surface area (TPSA) is 15.3 Å². The van der Waals surface area contributed by atoms with Gasteiger partial charge in [0.1, 0.15) is 11.6 Å². The van der Waals surface area contributed by atoms with E-state index in [-0.39, 0.29) is 11.6 Å². The predicted octanol–water partition coefficient (Wildman–Crippen LogP) is 2.46. The Morgan fingerprint density at radius 1 is 1.06 bits per heavy atom. The third kappa shape index (κ3) is 2.94. The Morgan fingerprint density at radius 2 is 1.71 bits per heavy atom. The summed E-state index contributed by atoms with van der Waals surface area (Å²) in [6.45, 7) is 5.00. The second-order valence-corrected chi connectivity index (χ2v) is 4.50. The van der Waals surface area contributed by atoms with Gasteiger partial charge in [-0.2, -0.15) is 0 Å². The van der Waals surface area contributed by atoms with E-state index in [0.717, 1.165) is 39.0 Å². The molecular formula is C13H18F2N2. The van der Waals surface area contributed by atoms with Crippen LogP contribution in [-0.2, 0) is 0 Å². The lowest BCUT2D eigenvalue weighted by atomic mass is 10.1. The van der Waals surface area contributed by atoms with Gasteiger partial charge in [0.25, 0.3) is 0 Å². The molecule has 0 spiro atoms. The van der Waals surface area contributed by atoms with Gasteiger partial charge in [-0.15, -0.1) is 0 Å². The lowest BCUT2D eigenvalue weighted by Crippen LogP contribution is -2.34. The fourth-order valence-electron chi connectivity index (χ4n) is 2.15. The molecule has 1 saturated heterocycles. The molecule has 0 radical (unpaired) electrons. The molecule has 0 unspecified atom stereocenters. The monoisotopic (exact) mass is 240 g/mol. The highest BCUT2D eigenvalue weighted by atomic mass is 19.1. The van der Waals surface area contributed by atoms with Crippen LogP contribution in [0.2, 0.25) is 0 Å². The van der Waals surface area contributed by atoms with Crippen LogP contribution in [0.25, 0.3) is 0 Å². The molecule has 1 fully saturated rings. The van der Waals surface area contributed by atoms with Gasteiger partial charge >= 0.3 is 0 Å². The first-order valence-corrected chi connectivity index (χ1v) is 6.10. The first-order valence-electron chi connectivity index (χ1n) is 6.10. The number of hydrogen-bond donors (Lipinski definition) is 1. The minimum Gasteiger partial charge on any atom is -0.369 e. The molecule has 1 aromatic carbocycles. The molecular weight excluding hydrogens is 222 g/mol. The van der Waals surface area contributed by atoms with E-state index >= 15 is 0 Å². The predicted molar refractivity (Wildman–Crippen MR) is 65.4 cm³/mol. The Labute approximate surface area is 101 Å². The highest BCUT2D eigenvalue weighted by Crippen LogP contribution is 2.23. The molecule has 0 aliphatic carbocycles. The Balaban J connectivity index is 2.21. The molecule has 1 aromatic rings. The molecule has 17 heavy (non-hydrogen) atoms. The number of nitrogens with one attached hydrogen (secondary N) is 1. The maximum atomic E-state index is 13.8. The maximum absolute atomic E-state index is 13.8. The van der Waals surface area contributed by atoms with Crippen molar-refractivity contribution in [3.8, 4) is 0 Å². The van der Waals surface area contributed by atoms with Crippen molar-refractivity contribution in [2.24, 2.45) is 0 Å². The first-order chi connectivity index (χ1) is 8.18. The van der Waals surface area contributed by atoms with Crippen molar-refractivity contribution < 1.29 is 8.78 Å². The average molecular weight is 240 g/mol. The third-order valence-corrected chi connectivity index (χ3v) is 3.13. The van der Waals surface area contributed by atoms with E-state index in [1.807, 2.05) is 4.90 Å². The molecule has 4 heteroatoms. The van der Waals surface area contributed by atoms with Gasteiger partial charge in [-0.25, -0.2) is 8.78 Å². The molecule has 1 N–H and O–H groups in total. The van der Waals surface area contributed by atoms with Crippen LogP contribution in [0.4, 0.5) is 14.5 Å². The van der Waals surface area contributed by atoms with Gasteiger partial charge < -0.3 is 10.2 Å². The lowest BCUT2D eigenvalue weighted by Gasteiger charge is -2.27. The van der Waals surface area contributed by atoms with Crippen molar-refractivity contribution in [3.05, 3.63) is 29.3 Å². The van der Waals surface area contributed by atoms with E-state index in [4.69, 9.17) is 0 Å². The number of benzene rings is 1. The standard InChI is InChI=1S/C13H18F2N2/c1-10-8-12(15)13(9-11(10)14)17-6-2-4-16-5-3-7-17/h8-9,16H,2-7H2,1H3. The minimum atomic E-state index is -0.332. The minimum absolute atomic E-state index is 0.322. The largest absolute Gasteiger partial charge is 0.369 e. The highest BCUT2D eigenvalue weighted by Gasteiger charge is 2.15. The molecule has 94 valence electrons. The number of nitrogens with zero attached hydrogens (tertiary/aromatic N) is 1. The maximum Gasteiger partial charge on any atom is 0.146 e. The molecule has 0 amide bonds. The fraction of sp³-hybridized carbons (Fsp3) is 0.538. The molecule has 2 nitrogen and oxygen atoms in total. The molecule has 2 rings (SSSR count). The quantitative estimate of drug-likeness (QED) is 0.811. The van der Waals surface area contributed by atoms with Gasteiger partial charge in [0.2, 0.25) is 0 Å².